The van der Waals surface area contributed by atoms with Crippen LogP contribution in [0.5, 0.6) is 5.75 Å². The predicted molar refractivity (Wildman–Crippen MR) is 110 cm³/mol. The van der Waals surface area contributed by atoms with Crippen LogP contribution in [0.2, 0.25) is 5.02 Å². The Morgan fingerprint density at radius 3 is 2.15 bits per heavy atom. The zero-order valence-electron chi connectivity index (χ0n) is 15.1. The van der Waals surface area contributed by atoms with Crippen molar-refractivity contribution in [1.29, 1.82) is 0 Å². The van der Waals surface area contributed by atoms with E-state index < -0.39 is 6.10 Å². The second-order valence-corrected chi connectivity index (χ2v) is 7.12. The molecule has 0 saturated heterocycles. The molecule has 0 saturated carbocycles. The first-order valence-electron chi connectivity index (χ1n) is 9.10. The molecule has 0 fully saturated rings. The Bertz CT molecular complexity index is 847. The average molecular weight is 382 g/mol. The van der Waals surface area contributed by atoms with Gasteiger partial charge >= 0.3 is 0 Å². The molecule has 0 aliphatic carbocycles. The smallest absolute Gasteiger partial charge is 0.115 e. The first-order valence-corrected chi connectivity index (χ1v) is 9.48. The molecule has 3 nitrogen and oxygen atoms in total. The fourth-order valence-electron chi connectivity index (χ4n) is 2.98. The number of hydrogen-bond acceptors (Lipinski definition) is 3. The summed E-state index contributed by atoms with van der Waals surface area (Å²) < 4.78 is 0. The third kappa shape index (κ3) is 6.10. The van der Waals surface area contributed by atoms with E-state index >= 15 is 0 Å². The Morgan fingerprint density at radius 1 is 0.852 bits per heavy atom. The highest BCUT2D eigenvalue weighted by molar-refractivity contribution is 6.30. The molecule has 0 aromatic heterocycles. The molecule has 0 bridgehead atoms. The average Bonchev–Trinajstić information content (AvgIpc) is 2.68. The van der Waals surface area contributed by atoms with Crippen molar-refractivity contribution in [3.05, 3.63) is 100 Å². The second kappa shape index (κ2) is 9.56. The summed E-state index contributed by atoms with van der Waals surface area (Å²) in [5, 5.41) is 23.5. The minimum atomic E-state index is -0.559. The highest BCUT2D eigenvalue weighted by Gasteiger charge is 2.07. The quantitative estimate of drug-likeness (QED) is 0.503. The lowest BCUT2D eigenvalue weighted by Crippen LogP contribution is -2.23. The van der Waals surface area contributed by atoms with Crippen LogP contribution < -0.4 is 5.32 Å². The van der Waals surface area contributed by atoms with Gasteiger partial charge in [-0.1, -0.05) is 60.1 Å². The Hall–Kier alpha value is -2.33. The van der Waals surface area contributed by atoms with Gasteiger partial charge in [0.15, 0.2) is 0 Å². The van der Waals surface area contributed by atoms with Gasteiger partial charge in [0.2, 0.25) is 0 Å². The molecular weight excluding hydrogens is 358 g/mol. The number of nitrogens with one attached hydrogen (secondary N) is 1. The van der Waals surface area contributed by atoms with E-state index in [2.05, 4.69) is 29.6 Å². The minimum absolute atomic E-state index is 0.294. The first kappa shape index (κ1) is 19.4. The molecule has 1 atom stereocenters. The number of phenolic OH excluding ortho intramolecular Hbond substituents is 1. The molecule has 140 valence electrons. The van der Waals surface area contributed by atoms with Crippen LogP contribution in [0.3, 0.4) is 0 Å². The molecule has 0 heterocycles. The SMILES string of the molecule is Oc1ccc(Cc2ccc(CCNC[C@H](O)c3cccc(Cl)c3)cc2)cc1. The van der Waals surface area contributed by atoms with Crippen LogP contribution in [0.4, 0.5) is 0 Å². The van der Waals surface area contributed by atoms with Crippen molar-refractivity contribution in [3.63, 3.8) is 0 Å². The van der Waals surface area contributed by atoms with Crippen LogP contribution >= 0.6 is 11.6 Å². The first-order chi connectivity index (χ1) is 13.1. The molecule has 27 heavy (non-hydrogen) atoms. The molecule has 0 amide bonds. The molecule has 3 rings (SSSR count). The normalized spacial score (nSPS) is 12.1. The van der Waals surface area contributed by atoms with Gasteiger partial charge in [0.05, 0.1) is 6.10 Å². The Balaban J connectivity index is 1.43. The van der Waals surface area contributed by atoms with Crippen LogP contribution in [0.15, 0.2) is 72.8 Å². The fourth-order valence-corrected chi connectivity index (χ4v) is 3.18. The van der Waals surface area contributed by atoms with Crippen molar-refractivity contribution in [3.8, 4) is 5.75 Å². The summed E-state index contributed by atoms with van der Waals surface area (Å²) >= 11 is 5.96. The Morgan fingerprint density at radius 2 is 1.48 bits per heavy atom. The van der Waals surface area contributed by atoms with Crippen molar-refractivity contribution in [2.45, 2.75) is 18.9 Å². The summed E-state index contributed by atoms with van der Waals surface area (Å²) in [6.07, 6.45) is 1.20. The number of aromatic hydroxyl groups is 1. The molecule has 3 aromatic carbocycles. The number of benzene rings is 3. The lowest BCUT2D eigenvalue weighted by Gasteiger charge is -2.12. The molecule has 3 N–H and O–H groups in total. The number of hydrogen-bond donors (Lipinski definition) is 3. The monoisotopic (exact) mass is 381 g/mol. The molecule has 0 unspecified atom stereocenters. The predicted octanol–water partition coefficient (Wildman–Crippen LogP) is 4.50. The van der Waals surface area contributed by atoms with Gasteiger partial charge in [-0.25, -0.2) is 0 Å². The summed E-state index contributed by atoms with van der Waals surface area (Å²) in [5.41, 5.74) is 4.51. The van der Waals surface area contributed by atoms with E-state index in [4.69, 9.17) is 11.6 Å². The van der Waals surface area contributed by atoms with Crippen LogP contribution in [0.25, 0.3) is 0 Å². The molecule has 0 aliphatic heterocycles. The minimum Gasteiger partial charge on any atom is -0.508 e. The van der Waals surface area contributed by atoms with E-state index in [1.807, 2.05) is 24.3 Å². The van der Waals surface area contributed by atoms with Gasteiger partial charge in [0.25, 0.3) is 0 Å². The summed E-state index contributed by atoms with van der Waals surface area (Å²) in [5.74, 6) is 0.294. The number of aliphatic hydroxyl groups is 1. The zero-order valence-corrected chi connectivity index (χ0v) is 15.9. The van der Waals surface area contributed by atoms with Gasteiger partial charge in [-0.3, -0.25) is 0 Å². The molecule has 4 heteroatoms. The summed E-state index contributed by atoms with van der Waals surface area (Å²) in [7, 11) is 0. The van der Waals surface area contributed by atoms with Gasteiger partial charge in [-0.2, -0.15) is 0 Å². The maximum atomic E-state index is 10.2. The van der Waals surface area contributed by atoms with Gasteiger partial charge < -0.3 is 15.5 Å². The van der Waals surface area contributed by atoms with Crippen LogP contribution in [0.1, 0.15) is 28.4 Å². The standard InChI is InChI=1S/C23H24ClNO2/c24-21-3-1-2-20(15-21)23(27)16-25-13-12-17-4-6-18(7-5-17)14-19-8-10-22(26)11-9-19/h1-11,15,23,25-27H,12-14,16H2/t23-/m0/s1. The maximum Gasteiger partial charge on any atom is 0.115 e. The highest BCUT2D eigenvalue weighted by Crippen LogP contribution is 2.17. The third-order valence-corrected chi connectivity index (χ3v) is 4.76. The van der Waals surface area contributed by atoms with Gasteiger partial charge in [-0.05, 0) is 65.9 Å². The van der Waals surface area contributed by atoms with Crippen molar-refractivity contribution in [2.24, 2.45) is 0 Å². The van der Waals surface area contributed by atoms with Gasteiger partial charge in [-0.15, -0.1) is 0 Å². The number of rotatable bonds is 8. The lowest BCUT2D eigenvalue weighted by atomic mass is 10.0. The van der Waals surface area contributed by atoms with Crippen molar-refractivity contribution in [2.75, 3.05) is 13.1 Å². The molecule has 0 aliphatic rings. The van der Waals surface area contributed by atoms with Crippen LogP contribution in [-0.2, 0) is 12.8 Å². The largest absolute Gasteiger partial charge is 0.508 e. The summed E-state index contributed by atoms with van der Waals surface area (Å²) in [4.78, 5) is 0. The van der Waals surface area contributed by atoms with Gasteiger partial charge in [0, 0.05) is 11.6 Å². The zero-order chi connectivity index (χ0) is 19.1. The van der Waals surface area contributed by atoms with Crippen LogP contribution in [0, 0.1) is 0 Å². The molecular formula is C23H24ClNO2. The Kier molecular flexibility index (Phi) is 6.88. The topological polar surface area (TPSA) is 52.5 Å². The fraction of sp³-hybridized carbons (Fsp3) is 0.217. The van der Waals surface area contributed by atoms with Crippen molar-refractivity contribution < 1.29 is 10.2 Å². The number of phenols is 1. The van der Waals surface area contributed by atoms with Crippen molar-refractivity contribution in [1.82, 2.24) is 5.32 Å². The number of halogens is 1. The summed E-state index contributed by atoms with van der Waals surface area (Å²) in [6, 6.07) is 23.2. The third-order valence-electron chi connectivity index (χ3n) is 4.53. The maximum absolute atomic E-state index is 10.2. The molecule has 3 aromatic rings. The Labute approximate surface area is 165 Å². The number of aliphatic hydroxyl groups excluding tert-OH is 1. The van der Waals surface area contributed by atoms with E-state index in [1.54, 1.807) is 24.3 Å². The molecule has 0 spiro atoms. The lowest BCUT2D eigenvalue weighted by molar-refractivity contribution is 0.175. The highest BCUT2D eigenvalue weighted by atomic mass is 35.5. The van der Waals surface area contributed by atoms with Crippen LogP contribution in [-0.4, -0.2) is 23.3 Å². The summed E-state index contributed by atoms with van der Waals surface area (Å²) in [6.45, 7) is 1.30. The van der Waals surface area contributed by atoms with E-state index in [1.165, 1.54) is 16.7 Å². The van der Waals surface area contributed by atoms with Crippen molar-refractivity contribution >= 4 is 11.6 Å². The van der Waals surface area contributed by atoms with E-state index in [9.17, 15) is 10.2 Å². The van der Waals surface area contributed by atoms with E-state index in [0.717, 1.165) is 24.9 Å². The van der Waals surface area contributed by atoms with E-state index in [-0.39, 0.29) is 0 Å². The van der Waals surface area contributed by atoms with Gasteiger partial charge in [0.1, 0.15) is 5.75 Å². The second-order valence-electron chi connectivity index (χ2n) is 6.68. The van der Waals surface area contributed by atoms with E-state index in [0.29, 0.717) is 17.3 Å². The molecule has 0 radical (unpaired) electrons.